The Kier molecular flexibility index (Phi) is 5.30. The Morgan fingerprint density at radius 2 is 2.12 bits per heavy atom. The standard InChI is InChI=1S/C20H18ClNO3S/c1-12-4-6-16(17(21)10-12)18-7-5-15(25-18)11-19-20(24)22(14(3)26-19)9-8-13(2)23/h4-7,10-11H,3,8-9H2,1-2H3/b19-11-. The number of Topliss-reactive ketones (excluding diaryl/α,β-unsaturated/α-hetero) is 1. The summed E-state index contributed by atoms with van der Waals surface area (Å²) in [6.45, 7) is 7.72. The van der Waals surface area contributed by atoms with E-state index in [0.29, 0.717) is 38.7 Å². The average Bonchev–Trinajstić information content (AvgIpc) is 3.11. The normalized spacial score (nSPS) is 11.9. The number of carbonyl (C=O) groups is 1. The lowest BCUT2D eigenvalue weighted by Gasteiger charge is -2.01. The molecule has 4 nitrogen and oxygen atoms in total. The summed E-state index contributed by atoms with van der Waals surface area (Å²) < 4.78 is 8.51. The molecule has 0 amide bonds. The topological polar surface area (TPSA) is 52.2 Å². The van der Waals surface area contributed by atoms with Crippen LogP contribution in [0.3, 0.4) is 0 Å². The number of ketones is 1. The minimum absolute atomic E-state index is 0.0404. The van der Waals surface area contributed by atoms with Crippen LogP contribution >= 0.6 is 22.9 Å². The van der Waals surface area contributed by atoms with Crippen LogP contribution in [0.1, 0.15) is 24.7 Å². The molecule has 0 bridgehead atoms. The lowest BCUT2D eigenvalue weighted by Crippen LogP contribution is -2.31. The third-order valence-corrected chi connectivity index (χ3v) is 5.24. The molecule has 0 atom stereocenters. The van der Waals surface area contributed by atoms with Gasteiger partial charge in [-0.05, 0) is 43.7 Å². The van der Waals surface area contributed by atoms with Crippen LogP contribution in [0, 0.1) is 6.92 Å². The second-order valence-corrected chi connectivity index (χ2v) is 7.62. The number of hydrogen-bond donors (Lipinski definition) is 0. The number of rotatable bonds is 5. The fourth-order valence-corrected chi connectivity index (χ4v) is 3.82. The maximum Gasteiger partial charge on any atom is 0.269 e. The second kappa shape index (κ2) is 7.48. The highest BCUT2D eigenvalue weighted by atomic mass is 35.5. The molecule has 0 fully saturated rings. The van der Waals surface area contributed by atoms with Gasteiger partial charge in [-0.2, -0.15) is 0 Å². The minimum Gasteiger partial charge on any atom is -0.457 e. The number of nitrogens with zero attached hydrogens (tertiary/aromatic N) is 1. The molecule has 0 aliphatic rings. The van der Waals surface area contributed by atoms with Crippen LogP contribution in [0.15, 0.2) is 39.5 Å². The van der Waals surface area contributed by atoms with Gasteiger partial charge in [-0.1, -0.05) is 24.2 Å². The first-order valence-electron chi connectivity index (χ1n) is 8.11. The van der Waals surface area contributed by atoms with Gasteiger partial charge >= 0.3 is 0 Å². The van der Waals surface area contributed by atoms with Crippen molar-refractivity contribution < 1.29 is 9.21 Å². The lowest BCUT2D eigenvalue weighted by molar-refractivity contribution is -0.117. The van der Waals surface area contributed by atoms with E-state index in [1.165, 1.54) is 22.8 Å². The summed E-state index contributed by atoms with van der Waals surface area (Å²) in [6, 6.07) is 9.39. The highest BCUT2D eigenvalue weighted by Gasteiger charge is 2.09. The van der Waals surface area contributed by atoms with Crippen molar-refractivity contribution in [3.63, 3.8) is 0 Å². The van der Waals surface area contributed by atoms with Crippen LogP contribution in [0.25, 0.3) is 24.0 Å². The van der Waals surface area contributed by atoms with Crippen molar-refractivity contribution in [3.8, 4) is 11.3 Å². The fourth-order valence-electron chi connectivity index (χ4n) is 2.58. The Bertz CT molecular complexity index is 1140. The zero-order valence-corrected chi connectivity index (χ0v) is 16.1. The maximum absolute atomic E-state index is 12.5. The Hall–Kier alpha value is -2.37. The average molecular weight is 388 g/mol. The van der Waals surface area contributed by atoms with Crippen molar-refractivity contribution in [1.29, 1.82) is 0 Å². The monoisotopic (exact) mass is 387 g/mol. The molecule has 0 N–H and O–H groups in total. The predicted octanol–water partition coefficient (Wildman–Crippen LogP) is 3.35. The maximum atomic E-state index is 12.5. The van der Waals surface area contributed by atoms with Crippen LogP contribution < -0.4 is 14.8 Å². The molecule has 0 aliphatic heterocycles. The zero-order valence-electron chi connectivity index (χ0n) is 14.5. The first kappa shape index (κ1) is 18.4. The van der Waals surface area contributed by atoms with Crippen molar-refractivity contribution in [2.75, 3.05) is 0 Å². The largest absolute Gasteiger partial charge is 0.457 e. The molecule has 3 aromatic rings. The van der Waals surface area contributed by atoms with E-state index in [2.05, 4.69) is 6.58 Å². The van der Waals surface area contributed by atoms with Gasteiger partial charge in [0.25, 0.3) is 5.56 Å². The number of aryl methyl sites for hydroxylation is 1. The number of thiazole rings is 1. The smallest absolute Gasteiger partial charge is 0.269 e. The third kappa shape index (κ3) is 3.89. The lowest BCUT2D eigenvalue weighted by atomic mass is 10.1. The van der Waals surface area contributed by atoms with E-state index in [4.69, 9.17) is 16.0 Å². The molecule has 0 aliphatic carbocycles. The Morgan fingerprint density at radius 3 is 2.81 bits per heavy atom. The van der Waals surface area contributed by atoms with E-state index in [9.17, 15) is 9.59 Å². The summed E-state index contributed by atoms with van der Waals surface area (Å²) in [5.74, 6) is 1.25. The van der Waals surface area contributed by atoms with Gasteiger partial charge in [0.2, 0.25) is 0 Å². The molecule has 0 spiro atoms. The van der Waals surface area contributed by atoms with Crippen molar-refractivity contribution in [1.82, 2.24) is 4.57 Å². The Labute approximate surface area is 159 Å². The van der Waals surface area contributed by atoms with Gasteiger partial charge in [0.15, 0.2) is 0 Å². The molecule has 134 valence electrons. The predicted molar refractivity (Wildman–Crippen MR) is 106 cm³/mol. The van der Waals surface area contributed by atoms with Crippen LogP contribution in [0.4, 0.5) is 0 Å². The molecular weight excluding hydrogens is 370 g/mol. The molecule has 6 heteroatoms. The molecule has 2 heterocycles. The summed E-state index contributed by atoms with van der Waals surface area (Å²) in [6.07, 6.45) is 2.01. The van der Waals surface area contributed by atoms with Gasteiger partial charge in [-0.3, -0.25) is 14.2 Å². The third-order valence-electron chi connectivity index (χ3n) is 3.96. The van der Waals surface area contributed by atoms with E-state index in [1.54, 1.807) is 12.1 Å². The fraction of sp³-hybridized carbons (Fsp3) is 0.200. The van der Waals surface area contributed by atoms with Crippen LogP contribution in [0.5, 0.6) is 0 Å². The number of hydrogen-bond acceptors (Lipinski definition) is 4. The number of aromatic nitrogens is 1. The summed E-state index contributed by atoms with van der Waals surface area (Å²) in [7, 11) is 0. The van der Waals surface area contributed by atoms with Crippen molar-refractivity contribution in [3.05, 3.63) is 66.2 Å². The molecule has 0 saturated carbocycles. The number of benzene rings is 1. The first-order valence-corrected chi connectivity index (χ1v) is 9.30. The molecule has 26 heavy (non-hydrogen) atoms. The molecular formula is C20H18ClNO3S. The van der Waals surface area contributed by atoms with E-state index < -0.39 is 0 Å². The Morgan fingerprint density at radius 1 is 1.35 bits per heavy atom. The number of halogens is 1. The Balaban J connectivity index is 1.96. The van der Waals surface area contributed by atoms with Gasteiger partial charge < -0.3 is 4.42 Å². The molecule has 3 rings (SSSR count). The van der Waals surface area contributed by atoms with Crippen LogP contribution in [0.2, 0.25) is 5.02 Å². The van der Waals surface area contributed by atoms with E-state index in [1.807, 2.05) is 31.2 Å². The van der Waals surface area contributed by atoms with Crippen molar-refractivity contribution in [2.24, 2.45) is 0 Å². The van der Waals surface area contributed by atoms with Gasteiger partial charge in [-0.15, -0.1) is 11.3 Å². The van der Waals surface area contributed by atoms with Crippen molar-refractivity contribution >= 4 is 41.4 Å². The molecule has 0 unspecified atom stereocenters. The van der Waals surface area contributed by atoms with Crippen LogP contribution in [-0.2, 0) is 11.3 Å². The molecule has 1 aromatic carbocycles. The van der Waals surface area contributed by atoms with Gasteiger partial charge in [0, 0.05) is 24.6 Å². The minimum atomic E-state index is -0.160. The van der Waals surface area contributed by atoms with Crippen LogP contribution in [-0.4, -0.2) is 10.4 Å². The summed E-state index contributed by atoms with van der Waals surface area (Å²) in [4.78, 5) is 23.7. The van der Waals surface area contributed by atoms with Crippen molar-refractivity contribution in [2.45, 2.75) is 26.8 Å². The first-order chi connectivity index (χ1) is 12.3. The van der Waals surface area contributed by atoms with Gasteiger partial charge in [0.1, 0.15) is 17.3 Å². The molecule has 2 aromatic heterocycles. The van der Waals surface area contributed by atoms with Gasteiger partial charge in [0.05, 0.1) is 14.2 Å². The second-order valence-electron chi connectivity index (χ2n) is 6.10. The van der Waals surface area contributed by atoms with E-state index >= 15 is 0 Å². The molecule has 0 saturated heterocycles. The summed E-state index contributed by atoms with van der Waals surface area (Å²) >= 11 is 7.57. The number of furan rings is 1. The number of carbonyl (C=O) groups excluding carboxylic acids is 1. The summed E-state index contributed by atoms with van der Waals surface area (Å²) in [5.41, 5.74) is 1.72. The zero-order chi connectivity index (χ0) is 18.8. The highest BCUT2D eigenvalue weighted by Crippen LogP contribution is 2.30. The van der Waals surface area contributed by atoms with E-state index in [0.717, 1.165) is 11.1 Å². The quantitative estimate of drug-likeness (QED) is 0.674. The SMILES string of the molecule is C=c1s/c(=C\c2ccc(-c3ccc(C)cc3Cl)o2)c(=O)n1CCC(C)=O. The highest BCUT2D eigenvalue weighted by molar-refractivity contribution is 7.07. The van der Waals surface area contributed by atoms with E-state index in [-0.39, 0.29) is 11.3 Å². The summed E-state index contributed by atoms with van der Waals surface area (Å²) in [5, 5.41) is 0.619. The van der Waals surface area contributed by atoms with Gasteiger partial charge in [-0.25, -0.2) is 0 Å². The molecule has 0 radical (unpaired) electrons.